The first kappa shape index (κ1) is 15.8. The van der Waals surface area contributed by atoms with Crippen molar-refractivity contribution < 1.29 is 4.79 Å². The Labute approximate surface area is 152 Å². The third kappa shape index (κ3) is 3.01. The molecule has 4 aromatic rings. The smallest absolute Gasteiger partial charge is 0.258 e. The lowest BCUT2D eigenvalue weighted by molar-refractivity contribution is 0.102. The number of amides is 1. The number of aromatic nitrogens is 3. The van der Waals surface area contributed by atoms with E-state index >= 15 is 0 Å². The Morgan fingerprint density at radius 2 is 1.92 bits per heavy atom. The largest absolute Gasteiger partial charge is 0.289 e. The van der Waals surface area contributed by atoms with Crippen LogP contribution in [0.4, 0.5) is 5.95 Å². The summed E-state index contributed by atoms with van der Waals surface area (Å²) < 4.78 is 1.72. The van der Waals surface area contributed by atoms with Crippen molar-refractivity contribution in [2.75, 3.05) is 5.32 Å². The van der Waals surface area contributed by atoms with Crippen molar-refractivity contribution in [2.45, 2.75) is 6.92 Å². The van der Waals surface area contributed by atoms with Crippen LogP contribution in [0.3, 0.4) is 0 Å². The van der Waals surface area contributed by atoms with Crippen LogP contribution in [0.2, 0.25) is 5.02 Å². The number of hydrogen-bond donors (Lipinski definition) is 1. The fourth-order valence-corrected chi connectivity index (χ4v) is 3.51. The van der Waals surface area contributed by atoms with Crippen LogP contribution >= 0.6 is 22.9 Å². The monoisotopic (exact) mass is 368 g/mol. The van der Waals surface area contributed by atoms with Gasteiger partial charge in [-0.05, 0) is 30.7 Å². The zero-order valence-corrected chi connectivity index (χ0v) is 14.8. The van der Waals surface area contributed by atoms with E-state index in [4.69, 9.17) is 11.6 Å². The Morgan fingerprint density at radius 3 is 2.68 bits per heavy atom. The molecule has 5 nitrogen and oxygen atoms in total. The van der Waals surface area contributed by atoms with Gasteiger partial charge in [-0.3, -0.25) is 10.1 Å². The highest BCUT2D eigenvalue weighted by Crippen LogP contribution is 2.27. The van der Waals surface area contributed by atoms with Gasteiger partial charge in [0, 0.05) is 21.5 Å². The second kappa shape index (κ2) is 6.31. The van der Waals surface area contributed by atoms with Gasteiger partial charge >= 0.3 is 0 Å². The molecule has 0 aliphatic carbocycles. The predicted molar refractivity (Wildman–Crippen MR) is 100 cm³/mol. The second-order valence-corrected chi connectivity index (χ2v) is 6.80. The number of thiazole rings is 1. The Kier molecular flexibility index (Phi) is 3.99. The number of carbonyl (C=O) groups is 1. The van der Waals surface area contributed by atoms with Gasteiger partial charge in [0.05, 0.1) is 5.69 Å². The maximum atomic E-state index is 12.4. The highest BCUT2D eigenvalue weighted by molar-refractivity contribution is 7.15. The van der Waals surface area contributed by atoms with Crippen LogP contribution in [0.5, 0.6) is 0 Å². The van der Waals surface area contributed by atoms with Crippen LogP contribution in [-0.2, 0) is 0 Å². The van der Waals surface area contributed by atoms with Crippen LogP contribution < -0.4 is 5.32 Å². The Hall–Kier alpha value is -2.70. The Bertz CT molecular complexity index is 1070. The van der Waals surface area contributed by atoms with Gasteiger partial charge in [-0.2, -0.15) is 4.98 Å². The maximum absolute atomic E-state index is 12.4. The number of carbonyl (C=O) groups excluding carboxylic acids is 1. The standard InChI is InChI=1S/C18H13ClN4OS/c1-11-4-2-3-5-14(11)16(24)20-17-21-18-23(22-17)15(10-25-18)12-6-8-13(19)9-7-12/h2-10H,1H3,(H,20,22,24). The van der Waals surface area contributed by atoms with Crippen LogP contribution in [0, 0.1) is 6.92 Å². The summed E-state index contributed by atoms with van der Waals surface area (Å²) in [6, 6.07) is 14.9. The van der Waals surface area contributed by atoms with Crippen molar-refractivity contribution >= 4 is 39.8 Å². The van der Waals surface area contributed by atoms with E-state index in [1.54, 1.807) is 10.6 Å². The van der Waals surface area contributed by atoms with Gasteiger partial charge in [0.2, 0.25) is 4.96 Å². The van der Waals surface area contributed by atoms with Crippen LogP contribution in [-0.4, -0.2) is 20.5 Å². The molecule has 4 rings (SSSR count). The molecule has 0 saturated carbocycles. The van der Waals surface area contributed by atoms with E-state index in [0.717, 1.165) is 16.8 Å². The lowest BCUT2D eigenvalue weighted by Crippen LogP contribution is -2.14. The summed E-state index contributed by atoms with van der Waals surface area (Å²) in [7, 11) is 0. The number of anilines is 1. The molecule has 0 spiro atoms. The Morgan fingerprint density at radius 1 is 1.16 bits per heavy atom. The predicted octanol–water partition coefficient (Wildman–Crippen LogP) is 4.67. The fourth-order valence-electron chi connectivity index (χ4n) is 2.55. The number of benzene rings is 2. The number of aryl methyl sites for hydroxylation is 1. The SMILES string of the molecule is Cc1ccccc1C(=O)Nc1nc2scc(-c3ccc(Cl)cc3)n2n1. The van der Waals surface area contributed by atoms with E-state index in [1.807, 2.05) is 54.8 Å². The quantitative estimate of drug-likeness (QED) is 0.571. The average molecular weight is 369 g/mol. The number of nitrogens with zero attached hydrogens (tertiary/aromatic N) is 3. The number of fused-ring (bicyclic) bond motifs is 1. The molecule has 1 amide bonds. The molecular formula is C18H13ClN4OS. The molecule has 1 N–H and O–H groups in total. The molecule has 0 bridgehead atoms. The van der Waals surface area contributed by atoms with Gasteiger partial charge in [0.1, 0.15) is 0 Å². The third-order valence-electron chi connectivity index (χ3n) is 3.84. The van der Waals surface area contributed by atoms with Gasteiger partial charge in [-0.1, -0.05) is 41.9 Å². The molecule has 0 radical (unpaired) electrons. The molecule has 0 aliphatic rings. The molecule has 0 saturated heterocycles. The summed E-state index contributed by atoms with van der Waals surface area (Å²) in [5, 5.41) is 9.84. The fraction of sp³-hybridized carbons (Fsp3) is 0.0556. The molecule has 2 heterocycles. The zero-order valence-electron chi connectivity index (χ0n) is 13.2. The average Bonchev–Trinajstić information content (AvgIpc) is 3.16. The van der Waals surface area contributed by atoms with Crippen LogP contribution in [0.15, 0.2) is 53.9 Å². The summed E-state index contributed by atoms with van der Waals surface area (Å²) in [6.45, 7) is 1.90. The van der Waals surface area contributed by atoms with Crippen molar-refractivity contribution in [3.8, 4) is 11.3 Å². The van der Waals surface area contributed by atoms with Gasteiger partial charge in [0.15, 0.2) is 0 Å². The van der Waals surface area contributed by atoms with Crippen LogP contribution in [0.1, 0.15) is 15.9 Å². The maximum Gasteiger partial charge on any atom is 0.258 e. The number of nitrogens with one attached hydrogen (secondary N) is 1. The van der Waals surface area contributed by atoms with Crippen LogP contribution in [0.25, 0.3) is 16.2 Å². The number of rotatable bonds is 3. The summed E-state index contributed by atoms with van der Waals surface area (Å²) in [5.41, 5.74) is 3.40. The number of hydrogen-bond acceptors (Lipinski definition) is 4. The molecule has 0 atom stereocenters. The molecule has 0 fully saturated rings. The number of halogens is 1. The van der Waals surface area contributed by atoms with E-state index in [1.165, 1.54) is 11.3 Å². The van der Waals surface area contributed by atoms with Crippen molar-refractivity contribution in [1.29, 1.82) is 0 Å². The first-order valence-electron chi connectivity index (χ1n) is 7.59. The summed E-state index contributed by atoms with van der Waals surface area (Å²) >= 11 is 7.41. The molecule has 7 heteroatoms. The van der Waals surface area contributed by atoms with E-state index in [9.17, 15) is 4.79 Å². The van der Waals surface area contributed by atoms with E-state index < -0.39 is 0 Å². The zero-order chi connectivity index (χ0) is 17.4. The van der Waals surface area contributed by atoms with E-state index in [-0.39, 0.29) is 11.9 Å². The third-order valence-corrected chi connectivity index (χ3v) is 4.90. The first-order valence-corrected chi connectivity index (χ1v) is 8.85. The Balaban J connectivity index is 1.65. The van der Waals surface area contributed by atoms with Crippen molar-refractivity contribution in [3.63, 3.8) is 0 Å². The van der Waals surface area contributed by atoms with Gasteiger partial charge in [-0.25, -0.2) is 4.52 Å². The molecule has 124 valence electrons. The topological polar surface area (TPSA) is 59.3 Å². The molecule has 2 aromatic heterocycles. The van der Waals surface area contributed by atoms with Gasteiger partial charge < -0.3 is 0 Å². The second-order valence-electron chi connectivity index (χ2n) is 5.53. The summed E-state index contributed by atoms with van der Waals surface area (Å²) in [4.78, 5) is 17.5. The van der Waals surface area contributed by atoms with Crippen molar-refractivity contribution in [3.05, 3.63) is 70.1 Å². The van der Waals surface area contributed by atoms with E-state index in [0.29, 0.717) is 15.5 Å². The lowest BCUT2D eigenvalue weighted by Gasteiger charge is -2.04. The minimum absolute atomic E-state index is 0.218. The molecule has 25 heavy (non-hydrogen) atoms. The minimum atomic E-state index is -0.218. The summed E-state index contributed by atoms with van der Waals surface area (Å²) in [6.07, 6.45) is 0. The molecule has 0 unspecified atom stereocenters. The molecule has 2 aromatic carbocycles. The minimum Gasteiger partial charge on any atom is -0.289 e. The highest BCUT2D eigenvalue weighted by Gasteiger charge is 2.15. The van der Waals surface area contributed by atoms with Crippen molar-refractivity contribution in [1.82, 2.24) is 14.6 Å². The lowest BCUT2D eigenvalue weighted by atomic mass is 10.1. The summed E-state index contributed by atoms with van der Waals surface area (Å²) in [5.74, 6) is 0.0692. The van der Waals surface area contributed by atoms with E-state index in [2.05, 4.69) is 15.4 Å². The first-order chi connectivity index (χ1) is 12.1. The molecular weight excluding hydrogens is 356 g/mol. The molecule has 0 aliphatic heterocycles. The highest BCUT2D eigenvalue weighted by atomic mass is 35.5. The van der Waals surface area contributed by atoms with Gasteiger partial charge in [-0.15, -0.1) is 16.4 Å². The normalized spacial score (nSPS) is 11.0. The van der Waals surface area contributed by atoms with Crippen molar-refractivity contribution in [2.24, 2.45) is 0 Å². The van der Waals surface area contributed by atoms with Gasteiger partial charge in [0.25, 0.3) is 11.9 Å².